The lowest BCUT2D eigenvalue weighted by molar-refractivity contribution is 0.413. The number of rotatable bonds is 7. The van der Waals surface area contributed by atoms with Crippen LogP contribution in [-0.4, -0.2) is 30.7 Å². The van der Waals surface area contributed by atoms with Crippen LogP contribution in [0.3, 0.4) is 0 Å². The highest BCUT2D eigenvalue weighted by atomic mass is 32.2. The van der Waals surface area contributed by atoms with Crippen molar-refractivity contribution < 1.29 is 17.7 Å². The van der Waals surface area contributed by atoms with Crippen LogP contribution in [0.5, 0.6) is 5.75 Å². The lowest BCUT2D eigenvalue weighted by atomic mass is 10.2. The average molecular weight is 428 g/mol. The van der Waals surface area contributed by atoms with E-state index in [4.69, 9.17) is 9.26 Å². The minimum Gasteiger partial charge on any atom is -0.497 e. The summed E-state index contributed by atoms with van der Waals surface area (Å²) in [5, 5.41) is 3.64. The second-order valence-electron chi connectivity index (χ2n) is 5.92. The van der Waals surface area contributed by atoms with E-state index >= 15 is 0 Å². The van der Waals surface area contributed by atoms with Crippen molar-refractivity contribution in [2.45, 2.75) is 10.8 Å². The summed E-state index contributed by atoms with van der Waals surface area (Å²) in [5.41, 5.74) is 1.79. The lowest BCUT2D eigenvalue weighted by Gasteiger charge is -2.09. The van der Waals surface area contributed by atoms with E-state index in [0.29, 0.717) is 33.5 Å². The second-order valence-corrected chi connectivity index (χ2v) is 9.00. The Morgan fingerprint density at radius 3 is 2.72 bits per heavy atom. The number of nitrogens with zero attached hydrogens (tertiary/aromatic N) is 3. The van der Waals surface area contributed by atoms with E-state index in [1.807, 2.05) is 18.2 Å². The average Bonchev–Trinajstić information content (AvgIpc) is 3.45. The lowest BCUT2D eigenvalue weighted by Crippen LogP contribution is -2.23. The van der Waals surface area contributed by atoms with E-state index in [-0.39, 0.29) is 10.8 Å². The maximum Gasteiger partial charge on any atom is 0.250 e. The third-order valence-corrected chi connectivity index (χ3v) is 6.98. The Kier molecular flexibility index (Phi) is 5.38. The van der Waals surface area contributed by atoms with Crippen molar-refractivity contribution in [3.63, 3.8) is 0 Å². The normalized spacial score (nSPS) is 11.5. The molecule has 0 amide bonds. The molecule has 148 valence electrons. The smallest absolute Gasteiger partial charge is 0.250 e. The number of ether oxygens (including phenoxy) is 1. The molecular formula is C19H16N4O4S2. The van der Waals surface area contributed by atoms with Crippen LogP contribution in [0.2, 0.25) is 0 Å². The second kappa shape index (κ2) is 8.11. The van der Waals surface area contributed by atoms with Gasteiger partial charge in [-0.05, 0) is 24.3 Å². The Labute approximate surface area is 171 Å². The fourth-order valence-corrected chi connectivity index (χ4v) is 4.90. The molecule has 0 unspecified atom stereocenters. The molecule has 1 N–H and O–H groups in total. The number of hydrogen-bond acceptors (Lipinski definition) is 8. The first-order valence-corrected chi connectivity index (χ1v) is 10.8. The first-order chi connectivity index (χ1) is 14.0. The third kappa shape index (κ3) is 4.34. The van der Waals surface area contributed by atoms with E-state index in [0.717, 1.165) is 11.3 Å². The molecule has 0 aliphatic heterocycles. The number of hydrogen-bond donors (Lipinski definition) is 1. The van der Waals surface area contributed by atoms with Crippen molar-refractivity contribution in [2.24, 2.45) is 0 Å². The molecule has 4 rings (SSSR count). The zero-order chi connectivity index (χ0) is 20.3. The molecule has 4 aromatic heterocycles. The number of methoxy groups -OCH3 is 1. The molecule has 0 aromatic carbocycles. The quantitative estimate of drug-likeness (QED) is 0.481. The molecule has 4 heterocycles. The fraction of sp³-hybridized carbons (Fsp3) is 0.105. The largest absolute Gasteiger partial charge is 0.497 e. The van der Waals surface area contributed by atoms with Crippen molar-refractivity contribution in [1.29, 1.82) is 0 Å². The number of sulfonamides is 1. The van der Waals surface area contributed by atoms with Crippen LogP contribution in [0, 0.1) is 0 Å². The maximum absolute atomic E-state index is 12.7. The molecule has 29 heavy (non-hydrogen) atoms. The number of nitrogens with one attached hydrogen (secondary N) is 1. The summed E-state index contributed by atoms with van der Waals surface area (Å²) in [6, 6.07) is 13.8. The molecule has 0 bridgehead atoms. The van der Waals surface area contributed by atoms with Crippen molar-refractivity contribution in [3.05, 3.63) is 66.6 Å². The van der Waals surface area contributed by atoms with Crippen LogP contribution in [0.1, 0.15) is 5.69 Å². The zero-order valence-corrected chi connectivity index (χ0v) is 16.9. The Hall–Kier alpha value is -3.08. The molecule has 0 fully saturated rings. The highest BCUT2D eigenvalue weighted by Crippen LogP contribution is 2.30. The summed E-state index contributed by atoms with van der Waals surface area (Å²) in [5.74, 6) is 1.09. The summed E-state index contributed by atoms with van der Waals surface area (Å²) in [4.78, 5) is 9.47. The molecule has 0 aliphatic carbocycles. The van der Waals surface area contributed by atoms with Gasteiger partial charge < -0.3 is 9.26 Å². The molecule has 0 aliphatic rings. The molecule has 4 aromatic rings. The summed E-state index contributed by atoms with van der Waals surface area (Å²) in [6.07, 6.45) is 3.18. The predicted octanol–water partition coefficient (Wildman–Crippen LogP) is 3.35. The number of aromatic nitrogens is 3. The van der Waals surface area contributed by atoms with Gasteiger partial charge in [-0.3, -0.25) is 4.98 Å². The first-order valence-electron chi connectivity index (χ1n) is 8.52. The Morgan fingerprint density at radius 2 is 2.00 bits per heavy atom. The van der Waals surface area contributed by atoms with Crippen LogP contribution in [0.15, 0.2) is 69.7 Å². The minimum atomic E-state index is -3.72. The fourth-order valence-electron chi connectivity index (χ4n) is 2.59. The number of thiophene rings is 1. The summed E-state index contributed by atoms with van der Waals surface area (Å²) < 4.78 is 38.5. The van der Waals surface area contributed by atoms with Gasteiger partial charge in [0.05, 0.1) is 41.8 Å². The molecule has 0 atom stereocenters. The van der Waals surface area contributed by atoms with Gasteiger partial charge in [-0.15, -0.1) is 11.3 Å². The maximum atomic E-state index is 12.7. The molecule has 10 heteroatoms. The van der Waals surface area contributed by atoms with Crippen molar-refractivity contribution >= 4 is 21.4 Å². The molecule has 0 spiro atoms. The Bertz CT molecular complexity index is 1210. The van der Waals surface area contributed by atoms with Gasteiger partial charge in [0.1, 0.15) is 9.96 Å². The Balaban J connectivity index is 1.55. The van der Waals surface area contributed by atoms with Gasteiger partial charge in [0.2, 0.25) is 10.0 Å². The predicted molar refractivity (Wildman–Crippen MR) is 108 cm³/mol. The summed E-state index contributed by atoms with van der Waals surface area (Å²) in [7, 11) is -2.17. The van der Waals surface area contributed by atoms with Gasteiger partial charge in [0.25, 0.3) is 0 Å². The highest BCUT2D eigenvalue weighted by molar-refractivity contribution is 7.91. The van der Waals surface area contributed by atoms with Crippen LogP contribution < -0.4 is 9.46 Å². The number of pyridine rings is 2. The van der Waals surface area contributed by atoms with E-state index in [9.17, 15) is 8.42 Å². The molecular weight excluding hydrogens is 412 g/mol. The zero-order valence-electron chi connectivity index (χ0n) is 15.3. The molecule has 0 radical (unpaired) electrons. The van der Waals surface area contributed by atoms with E-state index in [2.05, 4.69) is 19.8 Å². The van der Waals surface area contributed by atoms with Gasteiger partial charge >= 0.3 is 0 Å². The van der Waals surface area contributed by atoms with Crippen LogP contribution >= 0.6 is 11.3 Å². The summed E-state index contributed by atoms with van der Waals surface area (Å²) >= 11 is 1.10. The van der Waals surface area contributed by atoms with E-state index in [1.165, 1.54) is 12.3 Å². The van der Waals surface area contributed by atoms with Crippen molar-refractivity contribution in [3.8, 4) is 27.8 Å². The van der Waals surface area contributed by atoms with Gasteiger partial charge in [-0.1, -0.05) is 11.2 Å². The van der Waals surface area contributed by atoms with Gasteiger partial charge in [0, 0.05) is 24.4 Å². The van der Waals surface area contributed by atoms with E-state index < -0.39 is 10.0 Å². The third-order valence-electron chi connectivity index (χ3n) is 3.99. The van der Waals surface area contributed by atoms with Crippen LogP contribution in [0.25, 0.3) is 22.0 Å². The van der Waals surface area contributed by atoms with Crippen molar-refractivity contribution in [1.82, 2.24) is 19.8 Å². The minimum absolute atomic E-state index is 0.00884. The molecule has 8 nitrogen and oxygen atoms in total. The summed E-state index contributed by atoms with van der Waals surface area (Å²) in [6.45, 7) is 0.00884. The van der Waals surface area contributed by atoms with Gasteiger partial charge in [-0.25, -0.2) is 18.1 Å². The van der Waals surface area contributed by atoms with E-state index in [1.54, 1.807) is 37.6 Å². The molecule has 0 saturated carbocycles. The van der Waals surface area contributed by atoms with Gasteiger partial charge in [-0.2, -0.15) is 0 Å². The first kappa shape index (κ1) is 19.2. The van der Waals surface area contributed by atoms with Gasteiger partial charge in [0.15, 0.2) is 5.76 Å². The monoisotopic (exact) mass is 428 g/mol. The van der Waals surface area contributed by atoms with Crippen molar-refractivity contribution in [2.75, 3.05) is 7.11 Å². The van der Waals surface area contributed by atoms with Crippen LogP contribution in [-0.2, 0) is 16.6 Å². The highest BCUT2D eigenvalue weighted by Gasteiger charge is 2.19. The topological polar surface area (TPSA) is 107 Å². The van der Waals surface area contributed by atoms with Crippen LogP contribution in [0.4, 0.5) is 0 Å². The SMILES string of the molecule is COc1cc(CNS(=O)(=O)c2ccc(-c3ccno3)s2)nc(-c2ccccn2)c1. The molecule has 0 saturated heterocycles. The standard InChI is InChI=1S/C19H16N4O4S2/c1-26-14-10-13(23-16(11-14)15-4-2-3-8-20-15)12-22-29(24,25)19-6-5-18(28-19)17-7-9-21-27-17/h2-11,22H,12H2,1H3. The Morgan fingerprint density at radius 1 is 1.10 bits per heavy atom.